The van der Waals surface area contributed by atoms with Crippen molar-refractivity contribution in [1.29, 1.82) is 0 Å². The van der Waals surface area contributed by atoms with Crippen LogP contribution in [0.2, 0.25) is 0 Å². The number of hydrogen-bond acceptors (Lipinski definition) is 5. The Hall–Kier alpha value is -3.13. The van der Waals surface area contributed by atoms with Gasteiger partial charge in [0.05, 0.1) is 11.1 Å². The van der Waals surface area contributed by atoms with E-state index >= 15 is 0 Å². The van der Waals surface area contributed by atoms with Gasteiger partial charge >= 0.3 is 6.18 Å². The molecule has 0 saturated heterocycles. The summed E-state index contributed by atoms with van der Waals surface area (Å²) >= 11 is 0. The summed E-state index contributed by atoms with van der Waals surface area (Å²) in [4.78, 5) is 8.61. The maximum absolute atomic E-state index is 12.8. The van der Waals surface area contributed by atoms with Gasteiger partial charge in [-0.2, -0.15) is 13.2 Å². The van der Waals surface area contributed by atoms with Crippen molar-refractivity contribution >= 4 is 5.82 Å². The van der Waals surface area contributed by atoms with Gasteiger partial charge in [-0.1, -0.05) is 25.1 Å². The summed E-state index contributed by atoms with van der Waals surface area (Å²) in [5, 5.41) is 13.4. The number of nitrogens with one attached hydrogen (secondary N) is 1. The molecule has 3 rings (SSSR count). The second-order valence-corrected chi connectivity index (χ2v) is 6.62. The Bertz CT molecular complexity index is 974. The van der Waals surface area contributed by atoms with Crippen LogP contribution >= 0.6 is 0 Å². The zero-order valence-corrected chi connectivity index (χ0v) is 15.7. The first-order valence-electron chi connectivity index (χ1n) is 9.11. The van der Waals surface area contributed by atoms with Crippen LogP contribution in [-0.4, -0.2) is 27.7 Å². The van der Waals surface area contributed by atoms with Gasteiger partial charge in [0.25, 0.3) is 0 Å². The van der Waals surface area contributed by atoms with Crippen molar-refractivity contribution in [3.63, 3.8) is 0 Å². The normalized spacial score (nSPS) is 12.6. The SMILES string of the molecule is CC[C@H](N)CNc1ccnc(-c2cc(-c3ccc(C(F)(F)F)cc3)ccc2O)n1. The molecule has 0 spiro atoms. The third kappa shape index (κ3) is 5.03. The molecule has 0 amide bonds. The first kappa shape index (κ1) is 20.6. The van der Waals surface area contributed by atoms with E-state index in [1.807, 2.05) is 6.92 Å². The predicted molar refractivity (Wildman–Crippen MR) is 106 cm³/mol. The highest BCUT2D eigenvalue weighted by molar-refractivity contribution is 5.74. The van der Waals surface area contributed by atoms with Crippen molar-refractivity contribution in [2.45, 2.75) is 25.6 Å². The molecule has 0 aliphatic heterocycles. The van der Waals surface area contributed by atoms with E-state index in [0.717, 1.165) is 18.6 Å². The van der Waals surface area contributed by atoms with Crippen molar-refractivity contribution in [3.05, 3.63) is 60.3 Å². The molecule has 2 aromatic carbocycles. The molecule has 152 valence electrons. The molecule has 0 aliphatic rings. The maximum atomic E-state index is 12.8. The van der Waals surface area contributed by atoms with Crippen molar-refractivity contribution < 1.29 is 18.3 Å². The zero-order valence-electron chi connectivity index (χ0n) is 15.7. The van der Waals surface area contributed by atoms with E-state index < -0.39 is 11.7 Å². The van der Waals surface area contributed by atoms with Crippen molar-refractivity contribution in [2.75, 3.05) is 11.9 Å². The first-order valence-corrected chi connectivity index (χ1v) is 9.11. The smallest absolute Gasteiger partial charge is 0.416 e. The number of phenols is 1. The summed E-state index contributed by atoms with van der Waals surface area (Å²) in [5.74, 6) is 0.840. The molecule has 0 unspecified atom stereocenters. The van der Waals surface area contributed by atoms with Gasteiger partial charge in [-0.15, -0.1) is 0 Å². The second-order valence-electron chi connectivity index (χ2n) is 6.62. The molecule has 8 heteroatoms. The molecule has 0 saturated carbocycles. The topological polar surface area (TPSA) is 84.1 Å². The van der Waals surface area contributed by atoms with Crippen molar-refractivity contribution in [1.82, 2.24) is 9.97 Å². The third-order valence-electron chi connectivity index (χ3n) is 4.51. The molecule has 0 fully saturated rings. The summed E-state index contributed by atoms with van der Waals surface area (Å²) in [6, 6.07) is 11.3. The predicted octanol–water partition coefficient (Wildman–Crippen LogP) is 4.68. The number of benzene rings is 2. The summed E-state index contributed by atoms with van der Waals surface area (Å²) in [7, 11) is 0. The number of nitrogens with zero attached hydrogens (tertiary/aromatic N) is 2. The van der Waals surface area contributed by atoms with Crippen LogP contribution in [0.25, 0.3) is 22.5 Å². The molecule has 5 nitrogen and oxygen atoms in total. The Labute approximate surface area is 166 Å². The lowest BCUT2D eigenvalue weighted by molar-refractivity contribution is -0.137. The lowest BCUT2D eigenvalue weighted by Crippen LogP contribution is -2.28. The number of phenolic OH excluding ortho intramolecular Hbond substituents is 1. The molecular weight excluding hydrogens is 381 g/mol. The van der Waals surface area contributed by atoms with E-state index in [2.05, 4.69) is 15.3 Å². The highest BCUT2D eigenvalue weighted by atomic mass is 19.4. The van der Waals surface area contributed by atoms with Gasteiger partial charge in [-0.3, -0.25) is 0 Å². The number of nitrogens with two attached hydrogens (primary N) is 1. The van der Waals surface area contributed by atoms with Crippen LogP contribution in [0.5, 0.6) is 5.75 Å². The Morgan fingerprint density at radius 3 is 2.41 bits per heavy atom. The van der Waals surface area contributed by atoms with Crippen LogP contribution in [-0.2, 0) is 6.18 Å². The fourth-order valence-corrected chi connectivity index (χ4v) is 2.71. The number of aromatic nitrogens is 2. The quantitative estimate of drug-likeness (QED) is 0.557. The van der Waals surface area contributed by atoms with E-state index in [1.54, 1.807) is 24.4 Å². The highest BCUT2D eigenvalue weighted by Crippen LogP contribution is 2.34. The molecule has 0 radical (unpaired) electrons. The fraction of sp³-hybridized carbons (Fsp3) is 0.238. The number of anilines is 1. The minimum absolute atomic E-state index is 0.00943. The molecule has 0 aliphatic carbocycles. The number of aromatic hydroxyl groups is 1. The molecule has 1 aromatic heterocycles. The lowest BCUT2D eigenvalue weighted by atomic mass is 10.0. The van der Waals surface area contributed by atoms with Gasteiger partial charge in [0.2, 0.25) is 0 Å². The standard InChI is InChI=1S/C21H21F3N4O/c1-2-16(25)12-27-19-9-10-26-20(28-19)17-11-14(5-8-18(17)29)13-3-6-15(7-4-13)21(22,23)24/h3-11,16,29H,2,12,25H2,1H3,(H,26,27,28)/t16-/m0/s1. The maximum Gasteiger partial charge on any atom is 0.416 e. The average Bonchev–Trinajstić information content (AvgIpc) is 2.72. The van der Waals surface area contributed by atoms with E-state index in [4.69, 9.17) is 5.73 Å². The van der Waals surface area contributed by atoms with Gasteiger partial charge in [0.15, 0.2) is 5.82 Å². The van der Waals surface area contributed by atoms with E-state index in [0.29, 0.717) is 34.9 Å². The third-order valence-corrected chi connectivity index (χ3v) is 4.51. The summed E-state index contributed by atoms with van der Waals surface area (Å²) < 4.78 is 38.3. The minimum Gasteiger partial charge on any atom is -0.507 e. The van der Waals surface area contributed by atoms with Gasteiger partial charge < -0.3 is 16.2 Å². The van der Waals surface area contributed by atoms with Crippen LogP contribution in [0.4, 0.5) is 19.0 Å². The summed E-state index contributed by atoms with van der Waals surface area (Å²) in [5.41, 5.74) is 6.79. The van der Waals surface area contributed by atoms with Crippen LogP contribution in [0.1, 0.15) is 18.9 Å². The van der Waals surface area contributed by atoms with Gasteiger partial charge in [-0.05, 0) is 47.9 Å². The first-order chi connectivity index (χ1) is 13.8. The Balaban J connectivity index is 1.90. The highest BCUT2D eigenvalue weighted by Gasteiger charge is 2.30. The number of rotatable bonds is 6. The molecule has 3 aromatic rings. The number of alkyl halides is 3. The average molecular weight is 402 g/mol. The number of hydrogen-bond donors (Lipinski definition) is 3. The molecule has 29 heavy (non-hydrogen) atoms. The van der Waals surface area contributed by atoms with Gasteiger partial charge in [0, 0.05) is 18.8 Å². The van der Waals surface area contributed by atoms with Crippen LogP contribution < -0.4 is 11.1 Å². The van der Waals surface area contributed by atoms with E-state index in [1.165, 1.54) is 18.2 Å². The Morgan fingerprint density at radius 1 is 1.07 bits per heavy atom. The lowest BCUT2D eigenvalue weighted by Gasteiger charge is -2.12. The largest absolute Gasteiger partial charge is 0.507 e. The Kier molecular flexibility index (Phi) is 6.03. The van der Waals surface area contributed by atoms with E-state index in [-0.39, 0.29) is 11.8 Å². The number of halogens is 3. The minimum atomic E-state index is -4.39. The van der Waals surface area contributed by atoms with Crippen LogP contribution in [0, 0.1) is 0 Å². The van der Waals surface area contributed by atoms with Crippen molar-refractivity contribution in [2.24, 2.45) is 5.73 Å². The van der Waals surface area contributed by atoms with Crippen LogP contribution in [0.15, 0.2) is 54.7 Å². The van der Waals surface area contributed by atoms with Crippen LogP contribution in [0.3, 0.4) is 0 Å². The summed E-state index contributed by atoms with van der Waals surface area (Å²) in [6.45, 7) is 2.53. The molecule has 1 atom stereocenters. The molecule has 0 bridgehead atoms. The fourth-order valence-electron chi connectivity index (χ4n) is 2.71. The zero-order chi connectivity index (χ0) is 21.0. The van der Waals surface area contributed by atoms with Crippen molar-refractivity contribution in [3.8, 4) is 28.3 Å². The molecular formula is C21H21F3N4O. The molecule has 4 N–H and O–H groups in total. The van der Waals surface area contributed by atoms with Gasteiger partial charge in [0.1, 0.15) is 11.6 Å². The van der Waals surface area contributed by atoms with E-state index in [9.17, 15) is 18.3 Å². The monoisotopic (exact) mass is 402 g/mol. The Morgan fingerprint density at radius 2 is 1.76 bits per heavy atom. The van der Waals surface area contributed by atoms with Gasteiger partial charge in [-0.25, -0.2) is 9.97 Å². The summed E-state index contributed by atoms with van der Waals surface area (Å²) in [6.07, 6.45) is -2.01. The second kappa shape index (κ2) is 8.48. The molecule has 1 heterocycles.